The van der Waals surface area contributed by atoms with Crippen LogP contribution in [0.2, 0.25) is 0 Å². The number of carbonyl (C=O) groups excluding carboxylic acids is 2. The number of furan rings is 1. The van der Waals surface area contributed by atoms with Crippen LogP contribution in [0.25, 0.3) is 0 Å². The SMILES string of the molecule is COc1ccccc1CNC(=O)C[NH+]1CCN(C(=O)c2ccco2)CC1. The van der Waals surface area contributed by atoms with Crippen LogP contribution in [-0.2, 0) is 11.3 Å². The molecule has 0 saturated carbocycles. The molecule has 0 unspecified atom stereocenters. The van der Waals surface area contributed by atoms with E-state index in [1.807, 2.05) is 24.3 Å². The van der Waals surface area contributed by atoms with Crippen molar-refractivity contribution in [3.8, 4) is 5.75 Å². The summed E-state index contributed by atoms with van der Waals surface area (Å²) in [6.45, 7) is 3.57. The van der Waals surface area contributed by atoms with Crippen LogP contribution in [0.5, 0.6) is 5.75 Å². The van der Waals surface area contributed by atoms with E-state index < -0.39 is 0 Å². The molecule has 1 fully saturated rings. The number of amides is 2. The molecule has 2 N–H and O–H groups in total. The molecule has 7 heteroatoms. The smallest absolute Gasteiger partial charge is 0.289 e. The lowest BCUT2D eigenvalue weighted by molar-refractivity contribution is -0.896. The van der Waals surface area contributed by atoms with Crippen LogP contribution in [0, 0.1) is 0 Å². The molecule has 0 radical (unpaired) electrons. The van der Waals surface area contributed by atoms with Crippen molar-refractivity contribution in [1.29, 1.82) is 0 Å². The predicted molar refractivity (Wildman–Crippen MR) is 95.0 cm³/mol. The number of benzene rings is 1. The van der Waals surface area contributed by atoms with Gasteiger partial charge in [-0.3, -0.25) is 9.59 Å². The zero-order valence-electron chi connectivity index (χ0n) is 14.9. The van der Waals surface area contributed by atoms with Crippen molar-refractivity contribution in [1.82, 2.24) is 10.2 Å². The Morgan fingerprint density at radius 2 is 1.96 bits per heavy atom. The van der Waals surface area contributed by atoms with Crippen LogP contribution in [0.15, 0.2) is 47.1 Å². The first-order chi connectivity index (χ1) is 12.7. The molecule has 1 aliphatic heterocycles. The highest BCUT2D eigenvalue weighted by Gasteiger charge is 2.26. The number of ether oxygens (including phenoxy) is 1. The molecule has 26 heavy (non-hydrogen) atoms. The van der Waals surface area contributed by atoms with E-state index in [0.717, 1.165) is 24.4 Å². The number of piperazine rings is 1. The predicted octanol–water partition coefficient (Wildman–Crippen LogP) is -0.0547. The maximum atomic E-state index is 12.2. The van der Waals surface area contributed by atoms with E-state index in [0.29, 0.717) is 31.9 Å². The highest BCUT2D eigenvalue weighted by molar-refractivity contribution is 5.91. The molecule has 138 valence electrons. The van der Waals surface area contributed by atoms with Crippen LogP contribution >= 0.6 is 0 Å². The van der Waals surface area contributed by atoms with Crippen molar-refractivity contribution in [2.75, 3.05) is 39.8 Å². The minimum Gasteiger partial charge on any atom is -0.496 e. The zero-order chi connectivity index (χ0) is 18.4. The maximum Gasteiger partial charge on any atom is 0.289 e. The monoisotopic (exact) mass is 358 g/mol. The maximum absolute atomic E-state index is 12.2. The summed E-state index contributed by atoms with van der Waals surface area (Å²) < 4.78 is 10.5. The number of nitrogens with zero attached hydrogens (tertiary/aromatic N) is 1. The summed E-state index contributed by atoms with van der Waals surface area (Å²) >= 11 is 0. The molecule has 1 saturated heterocycles. The van der Waals surface area contributed by atoms with E-state index in [-0.39, 0.29) is 11.8 Å². The van der Waals surface area contributed by atoms with Crippen molar-refractivity contribution in [2.24, 2.45) is 0 Å². The lowest BCUT2D eigenvalue weighted by atomic mass is 10.2. The molecule has 1 aliphatic rings. The summed E-state index contributed by atoms with van der Waals surface area (Å²) in [5.41, 5.74) is 0.951. The fourth-order valence-electron chi connectivity index (χ4n) is 3.09. The van der Waals surface area contributed by atoms with Gasteiger partial charge in [0.1, 0.15) is 5.75 Å². The van der Waals surface area contributed by atoms with Crippen molar-refractivity contribution >= 4 is 11.8 Å². The Morgan fingerprint density at radius 3 is 2.65 bits per heavy atom. The summed E-state index contributed by atoms with van der Waals surface area (Å²) in [5, 5.41) is 2.94. The Bertz CT molecular complexity index is 737. The second-order valence-corrected chi connectivity index (χ2v) is 6.28. The van der Waals surface area contributed by atoms with Gasteiger partial charge in [0, 0.05) is 12.1 Å². The standard InChI is InChI=1S/C19H23N3O4/c1-25-16-6-3-2-5-15(16)13-20-18(23)14-21-8-10-22(11-9-21)19(24)17-7-4-12-26-17/h2-7,12H,8-11,13-14H2,1H3,(H,20,23)/p+1. The Kier molecular flexibility index (Phi) is 5.91. The van der Waals surface area contributed by atoms with Gasteiger partial charge in [-0.2, -0.15) is 0 Å². The van der Waals surface area contributed by atoms with Gasteiger partial charge in [-0.05, 0) is 18.2 Å². The molecule has 2 aromatic rings. The highest BCUT2D eigenvalue weighted by Crippen LogP contribution is 2.16. The quantitative estimate of drug-likeness (QED) is 0.759. The number of rotatable bonds is 6. The van der Waals surface area contributed by atoms with Gasteiger partial charge in [0.2, 0.25) is 0 Å². The number of quaternary nitrogens is 1. The summed E-state index contributed by atoms with van der Waals surface area (Å²) in [5.74, 6) is 1.04. The lowest BCUT2D eigenvalue weighted by Gasteiger charge is -2.31. The topological polar surface area (TPSA) is 76.2 Å². The first-order valence-corrected chi connectivity index (χ1v) is 8.72. The highest BCUT2D eigenvalue weighted by atomic mass is 16.5. The Balaban J connectivity index is 1.43. The van der Waals surface area contributed by atoms with Crippen LogP contribution in [0.1, 0.15) is 16.1 Å². The average Bonchev–Trinajstić information content (AvgIpc) is 3.21. The number of carbonyl (C=O) groups is 2. The first kappa shape index (κ1) is 18.0. The number of nitrogens with one attached hydrogen (secondary N) is 2. The number of methoxy groups -OCH3 is 1. The number of para-hydroxylation sites is 1. The van der Waals surface area contributed by atoms with Gasteiger partial charge >= 0.3 is 0 Å². The van der Waals surface area contributed by atoms with Gasteiger partial charge in [0.05, 0.1) is 39.6 Å². The van der Waals surface area contributed by atoms with Gasteiger partial charge in [0.15, 0.2) is 12.3 Å². The summed E-state index contributed by atoms with van der Waals surface area (Å²) in [7, 11) is 1.62. The third-order valence-electron chi connectivity index (χ3n) is 4.57. The zero-order valence-corrected chi connectivity index (χ0v) is 14.9. The summed E-state index contributed by atoms with van der Waals surface area (Å²) in [6, 6.07) is 11.0. The second-order valence-electron chi connectivity index (χ2n) is 6.28. The largest absolute Gasteiger partial charge is 0.496 e. The first-order valence-electron chi connectivity index (χ1n) is 8.72. The van der Waals surface area contributed by atoms with E-state index in [2.05, 4.69) is 5.32 Å². The Labute approximate surface area is 152 Å². The van der Waals surface area contributed by atoms with Crippen molar-refractivity contribution in [2.45, 2.75) is 6.54 Å². The Morgan fingerprint density at radius 1 is 1.19 bits per heavy atom. The van der Waals surface area contributed by atoms with Gasteiger partial charge in [0.25, 0.3) is 11.8 Å². The molecular weight excluding hydrogens is 334 g/mol. The molecule has 0 aliphatic carbocycles. The van der Waals surface area contributed by atoms with Gasteiger partial charge in [-0.15, -0.1) is 0 Å². The molecular formula is C19H24N3O4+. The fourth-order valence-corrected chi connectivity index (χ4v) is 3.09. The van der Waals surface area contributed by atoms with E-state index in [4.69, 9.17) is 9.15 Å². The fraction of sp³-hybridized carbons (Fsp3) is 0.368. The molecule has 2 amide bonds. The molecule has 0 atom stereocenters. The van der Waals surface area contributed by atoms with Crippen LogP contribution in [-0.4, -0.2) is 56.5 Å². The molecule has 1 aromatic carbocycles. The van der Waals surface area contributed by atoms with Crippen molar-refractivity contribution in [3.63, 3.8) is 0 Å². The number of hydrogen-bond donors (Lipinski definition) is 2. The van der Waals surface area contributed by atoms with Crippen LogP contribution in [0.3, 0.4) is 0 Å². The van der Waals surface area contributed by atoms with Crippen molar-refractivity contribution < 1.29 is 23.6 Å². The van der Waals surface area contributed by atoms with Crippen LogP contribution in [0.4, 0.5) is 0 Å². The average molecular weight is 358 g/mol. The molecule has 1 aromatic heterocycles. The number of hydrogen-bond acceptors (Lipinski definition) is 4. The summed E-state index contributed by atoms with van der Waals surface area (Å²) in [6.07, 6.45) is 1.50. The Hall–Kier alpha value is -2.80. The van der Waals surface area contributed by atoms with Gasteiger partial charge in [-0.25, -0.2) is 0 Å². The lowest BCUT2D eigenvalue weighted by Crippen LogP contribution is -3.15. The minimum absolute atomic E-state index is 0.00304. The molecule has 0 bridgehead atoms. The molecule has 3 rings (SSSR count). The van der Waals surface area contributed by atoms with Crippen molar-refractivity contribution in [3.05, 3.63) is 54.0 Å². The van der Waals surface area contributed by atoms with Gasteiger partial charge < -0.3 is 24.3 Å². The third-order valence-corrected chi connectivity index (χ3v) is 4.57. The normalized spacial score (nSPS) is 14.9. The van der Waals surface area contributed by atoms with E-state index in [1.54, 1.807) is 24.1 Å². The second kappa shape index (κ2) is 8.53. The van der Waals surface area contributed by atoms with E-state index in [1.165, 1.54) is 11.2 Å². The van der Waals surface area contributed by atoms with E-state index >= 15 is 0 Å². The van der Waals surface area contributed by atoms with Gasteiger partial charge in [-0.1, -0.05) is 18.2 Å². The van der Waals surface area contributed by atoms with E-state index in [9.17, 15) is 9.59 Å². The molecule has 7 nitrogen and oxygen atoms in total. The van der Waals surface area contributed by atoms with Crippen LogP contribution < -0.4 is 15.0 Å². The molecule has 2 heterocycles. The third kappa shape index (κ3) is 4.43. The minimum atomic E-state index is -0.0883. The molecule has 0 spiro atoms. The summed E-state index contributed by atoms with van der Waals surface area (Å²) in [4.78, 5) is 27.4.